The predicted octanol–water partition coefficient (Wildman–Crippen LogP) is 3.57. The first-order valence-electron chi connectivity index (χ1n) is 8.77. The van der Waals surface area contributed by atoms with Gasteiger partial charge in [-0.05, 0) is 49.1 Å². The highest BCUT2D eigenvalue weighted by molar-refractivity contribution is 6.30. The van der Waals surface area contributed by atoms with Crippen molar-refractivity contribution in [3.8, 4) is 0 Å². The van der Waals surface area contributed by atoms with Gasteiger partial charge >= 0.3 is 0 Å². The van der Waals surface area contributed by atoms with Crippen LogP contribution in [0, 0.1) is 5.41 Å². The zero-order valence-electron chi connectivity index (χ0n) is 15.1. The maximum Gasteiger partial charge on any atom is 0.238 e. The lowest BCUT2D eigenvalue weighted by Gasteiger charge is -2.34. The van der Waals surface area contributed by atoms with Gasteiger partial charge in [0.15, 0.2) is 0 Å². The summed E-state index contributed by atoms with van der Waals surface area (Å²) in [5, 5.41) is 3.52. The highest BCUT2D eigenvalue weighted by Gasteiger charge is 2.39. The fraction of sp³-hybridized carbons (Fsp3) is 0.333. The molecule has 0 saturated heterocycles. The Morgan fingerprint density at radius 2 is 1.73 bits per heavy atom. The van der Waals surface area contributed by atoms with Crippen molar-refractivity contribution >= 4 is 23.4 Å². The van der Waals surface area contributed by atoms with Crippen molar-refractivity contribution in [2.45, 2.75) is 33.4 Å². The minimum Gasteiger partial charge on any atom is -0.351 e. The second kappa shape index (κ2) is 7.50. The molecule has 1 aliphatic heterocycles. The first-order valence-corrected chi connectivity index (χ1v) is 9.14. The topological polar surface area (TPSA) is 49.4 Å². The molecule has 2 amide bonds. The van der Waals surface area contributed by atoms with Gasteiger partial charge in [-0.3, -0.25) is 9.59 Å². The molecule has 0 spiro atoms. The zero-order valence-corrected chi connectivity index (χ0v) is 15.8. The summed E-state index contributed by atoms with van der Waals surface area (Å²) in [5.74, 6) is -0.406. The average Bonchev–Trinajstić information content (AvgIpc) is 2.66. The summed E-state index contributed by atoms with van der Waals surface area (Å²) in [6.07, 6.45) is 0.824. The first kappa shape index (κ1) is 18.5. The Kier molecular flexibility index (Phi) is 5.33. The molecule has 3 rings (SSSR count). The van der Waals surface area contributed by atoms with E-state index in [2.05, 4.69) is 11.4 Å². The summed E-state index contributed by atoms with van der Waals surface area (Å²) in [4.78, 5) is 27.4. The fourth-order valence-electron chi connectivity index (χ4n) is 3.17. The van der Waals surface area contributed by atoms with Gasteiger partial charge in [0, 0.05) is 24.7 Å². The lowest BCUT2D eigenvalue weighted by atomic mass is 9.88. The number of benzene rings is 2. The van der Waals surface area contributed by atoms with Crippen LogP contribution in [0.15, 0.2) is 48.5 Å². The van der Waals surface area contributed by atoms with Crippen molar-refractivity contribution in [3.63, 3.8) is 0 Å². The Balaban J connectivity index is 1.64. The average molecular weight is 371 g/mol. The van der Waals surface area contributed by atoms with E-state index in [1.165, 1.54) is 5.56 Å². The number of nitrogens with one attached hydrogen (secondary N) is 1. The maximum absolute atomic E-state index is 13.0. The maximum atomic E-state index is 13.0. The van der Waals surface area contributed by atoms with Crippen LogP contribution in [0.25, 0.3) is 0 Å². The van der Waals surface area contributed by atoms with Crippen molar-refractivity contribution < 1.29 is 9.59 Å². The summed E-state index contributed by atoms with van der Waals surface area (Å²) < 4.78 is 0. The second-order valence-electron chi connectivity index (χ2n) is 7.18. The zero-order chi connectivity index (χ0) is 18.7. The van der Waals surface area contributed by atoms with Gasteiger partial charge in [0.2, 0.25) is 11.8 Å². The second-order valence-corrected chi connectivity index (χ2v) is 7.62. The Hall–Kier alpha value is -2.33. The van der Waals surface area contributed by atoms with E-state index in [9.17, 15) is 9.59 Å². The number of hydrogen-bond acceptors (Lipinski definition) is 2. The summed E-state index contributed by atoms with van der Waals surface area (Å²) in [5.41, 5.74) is 2.27. The van der Waals surface area contributed by atoms with Gasteiger partial charge in [-0.1, -0.05) is 48.0 Å². The van der Waals surface area contributed by atoms with E-state index in [4.69, 9.17) is 11.6 Å². The lowest BCUT2D eigenvalue weighted by molar-refractivity contribution is -0.149. The molecule has 0 atom stereocenters. The van der Waals surface area contributed by atoms with Crippen LogP contribution >= 0.6 is 11.6 Å². The van der Waals surface area contributed by atoms with Gasteiger partial charge in [-0.2, -0.15) is 0 Å². The normalized spacial score (nSPS) is 13.9. The number of halogens is 1. The SMILES string of the molecule is CC(C)(C(=O)NCc1ccc(Cl)cc1)C(=O)N1CCc2ccccc2C1. The smallest absolute Gasteiger partial charge is 0.238 e. The van der Waals surface area contributed by atoms with E-state index in [0.717, 1.165) is 17.5 Å². The number of carbonyl (C=O) groups excluding carboxylic acids is 2. The summed E-state index contributed by atoms with van der Waals surface area (Å²) >= 11 is 5.87. The van der Waals surface area contributed by atoms with Gasteiger partial charge in [-0.25, -0.2) is 0 Å². The molecule has 2 aromatic carbocycles. The van der Waals surface area contributed by atoms with E-state index in [1.807, 2.05) is 30.3 Å². The molecule has 1 heterocycles. The number of fused-ring (bicyclic) bond motifs is 1. The number of carbonyl (C=O) groups is 2. The molecule has 0 unspecified atom stereocenters. The van der Waals surface area contributed by atoms with Gasteiger partial charge < -0.3 is 10.2 Å². The van der Waals surface area contributed by atoms with Crippen LogP contribution in [-0.4, -0.2) is 23.3 Å². The monoisotopic (exact) mass is 370 g/mol. The molecule has 0 aliphatic carbocycles. The number of rotatable bonds is 4. The van der Waals surface area contributed by atoms with Gasteiger partial charge in [0.1, 0.15) is 5.41 Å². The number of hydrogen-bond donors (Lipinski definition) is 1. The molecule has 5 heteroatoms. The minimum absolute atomic E-state index is 0.138. The molecular weight excluding hydrogens is 348 g/mol. The Labute approximate surface area is 159 Å². The van der Waals surface area contributed by atoms with Gasteiger partial charge in [0.05, 0.1) is 0 Å². The van der Waals surface area contributed by atoms with Crippen LogP contribution < -0.4 is 5.32 Å². The van der Waals surface area contributed by atoms with Crippen LogP contribution in [0.1, 0.15) is 30.5 Å². The molecule has 136 valence electrons. The Bertz CT molecular complexity index is 815. The molecule has 0 bridgehead atoms. The summed E-state index contributed by atoms with van der Waals surface area (Å²) in [6, 6.07) is 15.4. The molecule has 0 aromatic heterocycles. The van der Waals surface area contributed by atoms with Crippen LogP contribution in [0.4, 0.5) is 0 Å². The molecule has 0 saturated carbocycles. The third kappa shape index (κ3) is 3.91. The van der Waals surface area contributed by atoms with Crippen LogP contribution in [0.3, 0.4) is 0 Å². The van der Waals surface area contributed by atoms with Crippen LogP contribution in [0.5, 0.6) is 0 Å². The number of amides is 2. The first-order chi connectivity index (χ1) is 12.4. The summed E-state index contributed by atoms with van der Waals surface area (Å²) in [6.45, 7) is 4.95. The molecular formula is C21H23ClN2O2. The molecule has 0 fully saturated rings. The quantitative estimate of drug-likeness (QED) is 0.836. The third-order valence-corrected chi connectivity index (χ3v) is 5.14. The molecule has 1 N–H and O–H groups in total. The minimum atomic E-state index is -1.11. The highest BCUT2D eigenvalue weighted by atomic mass is 35.5. The summed E-state index contributed by atoms with van der Waals surface area (Å²) in [7, 11) is 0. The van der Waals surface area contributed by atoms with E-state index in [1.54, 1.807) is 30.9 Å². The fourth-order valence-corrected chi connectivity index (χ4v) is 3.29. The van der Waals surface area contributed by atoms with Crippen molar-refractivity contribution in [2.24, 2.45) is 5.41 Å². The Morgan fingerprint density at radius 3 is 2.42 bits per heavy atom. The van der Waals surface area contributed by atoms with Crippen molar-refractivity contribution in [1.29, 1.82) is 0 Å². The molecule has 26 heavy (non-hydrogen) atoms. The van der Waals surface area contributed by atoms with Crippen molar-refractivity contribution in [3.05, 3.63) is 70.2 Å². The third-order valence-electron chi connectivity index (χ3n) is 4.89. The van der Waals surface area contributed by atoms with Gasteiger partial charge in [-0.15, -0.1) is 0 Å². The molecule has 4 nitrogen and oxygen atoms in total. The van der Waals surface area contributed by atoms with Crippen LogP contribution in [-0.2, 0) is 29.1 Å². The Morgan fingerprint density at radius 1 is 1.08 bits per heavy atom. The van der Waals surface area contributed by atoms with Crippen molar-refractivity contribution in [1.82, 2.24) is 10.2 Å². The van der Waals surface area contributed by atoms with E-state index in [-0.39, 0.29) is 11.8 Å². The van der Waals surface area contributed by atoms with Crippen LogP contribution in [0.2, 0.25) is 5.02 Å². The number of nitrogens with zero attached hydrogens (tertiary/aromatic N) is 1. The molecule has 1 aliphatic rings. The van der Waals surface area contributed by atoms with E-state index < -0.39 is 5.41 Å². The lowest BCUT2D eigenvalue weighted by Crippen LogP contribution is -2.50. The van der Waals surface area contributed by atoms with E-state index >= 15 is 0 Å². The molecule has 2 aromatic rings. The van der Waals surface area contributed by atoms with Crippen molar-refractivity contribution in [2.75, 3.05) is 6.54 Å². The van der Waals surface area contributed by atoms with Gasteiger partial charge in [0.25, 0.3) is 0 Å². The standard InChI is InChI=1S/C21H23ClN2O2/c1-21(2,19(25)23-13-15-7-9-18(22)10-8-15)20(26)24-12-11-16-5-3-4-6-17(16)14-24/h3-10H,11-14H2,1-2H3,(H,23,25). The highest BCUT2D eigenvalue weighted by Crippen LogP contribution is 2.25. The molecule has 0 radical (unpaired) electrons. The largest absolute Gasteiger partial charge is 0.351 e. The predicted molar refractivity (Wildman–Crippen MR) is 103 cm³/mol. The van der Waals surface area contributed by atoms with E-state index in [0.29, 0.717) is 24.7 Å².